The second-order valence-corrected chi connectivity index (χ2v) is 8.63. The molecule has 0 atom stereocenters. The second kappa shape index (κ2) is 8.06. The molecule has 0 unspecified atom stereocenters. The van der Waals surface area contributed by atoms with Gasteiger partial charge in [0.1, 0.15) is 6.54 Å². The number of carboxylic acid groups (broad SMARTS) is 1. The average molecular weight is 441 g/mol. The number of ketones is 1. The molecule has 2 aromatic carbocycles. The van der Waals surface area contributed by atoms with Crippen LogP contribution in [0, 0.1) is 16.7 Å². The molecule has 0 saturated heterocycles. The summed E-state index contributed by atoms with van der Waals surface area (Å²) in [5.41, 5.74) is 5.86. The number of benzene rings is 2. The van der Waals surface area contributed by atoms with Crippen molar-refractivity contribution < 1.29 is 14.7 Å². The van der Waals surface area contributed by atoms with E-state index in [4.69, 9.17) is 10.5 Å². The van der Waals surface area contributed by atoms with Gasteiger partial charge < -0.3 is 20.8 Å². The highest BCUT2D eigenvalue weighted by molar-refractivity contribution is 6.20. The second-order valence-electron chi connectivity index (χ2n) is 8.63. The first-order valence-corrected chi connectivity index (χ1v) is 10.7. The Hall–Kier alpha value is -4.18. The van der Waals surface area contributed by atoms with Gasteiger partial charge in [0.25, 0.3) is 0 Å². The first-order valence-electron chi connectivity index (χ1n) is 10.7. The third-order valence-electron chi connectivity index (χ3n) is 6.30. The molecule has 0 radical (unpaired) electrons. The normalized spacial score (nSPS) is 14.4. The summed E-state index contributed by atoms with van der Waals surface area (Å²) < 4.78 is 0. The molecule has 1 aromatic heterocycles. The van der Waals surface area contributed by atoms with E-state index in [0.717, 1.165) is 33.3 Å². The SMILES string of the molecule is CCc1cc2c(cc1/C(C=N)=C/NCC(=O)O)C(C)(C)c1[nH]c3cc(C#N)ccc3c1C2=O. The third kappa shape index (κ3) is 3.50. The van der Waals surface area contributed by atoms with Crippen molar-refractivity contribution in [2.75, 3.05) is 6.54 Å². The summed E-state index contributed by atoms with van der Waals surface area (Å²) in [7, 11) is 0. The van der Waals surface area contributed by atoms with E-state index in [0.29, 0.717) is 28.7 Å². The summed E-state index contributed by atoms with van der Waals surface area (Å²) in [5, 5.41) is 29.6. The number of aryl methyl sites for hydroxylation is 1. The molecular weight excluding hydrogens is 416 g/mol. The van der Waals surface area contributed by atoms with Crippen LogP contribution >= 0.6 is 0 Å². The standard InChI is InChI=1S/C26H24N4O3/c1-4-15-8-19-20(9-18(15)16(11-28)12-29-13-22(31)32)26(2,3)25-23(24(19)33)17-6-5-14(10-27)7-21(17)30-25/h5-9,11-12,28-30H,4,13H2,1-3H3,(H,31,32)/b16-12+,28-11?. The van der Waals surface area contributed by atoms with Gasteiger partial charge >= 0.3 is 5.97 Å². The topological polar surface area (TPSA) is 130 Å². The number of carboxylic acids is 1. The maximum atomic E-state index is 13.7. The Morgan fingerprint density at radius 2 is 2.06 bits per heavy atom. The molecule has 0 fully saturated rings. The average Bonchev–Trinajstić information content (AvgIpc) is 3.19. The first-order chi connectivity index (χ1) is 15.7. The molecule has 1 aliphatic carbocycles. The van der Waals surface area contributed by atoms with Gasteiger partial charge in [0.15, 0.2) is 5.78 Å². The minimum absolute atomic E-state index is 0.0686. The van der Waals surface area contributed by atoms with Crippen LogP contribution in [0.3, 0.4) is 0 Å². The zero-order chi connectivity index (χ0) is 23.9. The van der Waals surface area contributed by atoms with Crippen LogP contribution in [0.25, 0.3) is 16.5 Å². The van der Waals surface area contributed by atoms with Crippen molar-refractivity contribution in [1.82, 2.24) is 10.3 Å². The van der Waals surface area contributed by atoms with E-state index in [2.05, 4.69) is 16.4 Å². The smallest absolute Gasteiger partial charge is 0.322 e. The van der Waals surface area contributed by atoms with Gasteiger partial charge in [-0.25, -0.2) is 0 Å². The molecular formula is C26H24N4O3. The molecule has 166 valence electrons. The Kier molecular flexibility index (Phi) is 5.38. The van der Waals surface area contributed by atoms with Gasteiger partial charge in [-0.3, -0.25) is 9.59 Å². The van der Waals surface area contributed by atoms with E-state index in [-0.39, 0.29) is 12.3 Å². The molecule has 7 nitrogen and oxygen atoms in total. The lowest BCUT2D eigenvalue weighted by Gasteiger charge is -2.33. The molecule has 3 aromatic rings. The molecule has 4 N–H and O–H groups in total. The molecule has 0 saturated carbocycles. The van der Waals surface area contributed by atoms with E-state index in [1.165, 1.54) is 12.4 Å². The number of rotatable bonds is 6. The fourth-order valence-electron chi connectivity index (χ4n) is 4.60. The van der Waals surface area contributed by atoms with Crippen LogP contribution in [0.1, 0.15) is 64.6 Å². The lowest BCUT2D eigenvalue weighted by molar-refractivity contribution is -0.135. The minimum atomic E-state index is -0.991. The van der Waals surface area contributed by atoms with Crippen LogP contribution in [0.5, 0.6) is 0 Å². The van der Waals surface area contributed by atoms with Crippen molar-refractivity contribution in [3.05, 3.63) is 75.6 Å². The highest BCUT2D eigenvalue weighted by atomic mass is 16.4. The zero-order valence-electron chi connectivity index (χ0n) is 18.7. The van der Waals surface area contributed by atoms with Gasteiger partial charge in [-0.1, -0.05) is 26.8 Å². The van der Waals surface area contributed by atoms with E-state index in [9.17, 15) is 14.9 Å². The zero-order valence-corrected chi connectivity index (χ0v) is 18.7. The molecule has 0 amide bonds. The number of carbonyl (C=O) groups is 2. The summed E-state index contributed by atoms with van der Waals surface area (Å²) in [4.78, 5) is 27.9. The molecule has 4 rings (SSSR count). The van der Waals surface area contributed by atoms with Crippen molar-refractivity contribution in [2.45, 2.75) is 32.6 Å². The van der Waals surface area contributed by atoms with Crippen LogP contribution in [0.4, 0.5) is 0 Å². The van der Waals surface area contributed by atoms with Crippen molar-refractivity contribution in [3.63, 3.8) is 0 Å². The first kappa shape index (κ1) is 22.0. The number of carbonyl (C=O) groups excluding carboxylic acids is 1. The number of nitrogens with zero attached hydrogens (tertiary/aromatic N) is 1. The Morgan fingerprint density at radius 1 is 1.30 bits per heavy atom. The van der Waals surface area contributed by atoms with Crippen molar-refractivity contribution in [3.8, 4) is 6.07 Å². The summed E-state index contributed by atoms with van der Waals surface area (Å²) in [6.45, 7) is 5.82. The molecule has 33 heavy (non-hydrogen) atoms. The summed E-state index contributed by atoms with van der Waals surface area (Å²) >= 11 is 0. The fraction of sp³-hybridized carbons (Fsp3) is 0.231. The number of allylic oxidation sites excluding steroid dienone is 1. The van der Waals surface area contributed by atoms with Gasteiger partial charge in [-0.05, 0) is 47.4 Å². The Balaban J connectivity index is 1.93. The van der Waals surface area contributed by atoms with Crippen LogP contribution in [0.15, 0.2) is 36.5 Å². The summed E-state index contributed by atoms with van der Waals surface area (Å²) in [5.74, 6) is -1.06. The maximum absolute atomic E-state index is 13.7. The molecule has 1 heterocycles. The quantitative estimate of drug-likeness (QED) is 0.428. The summed E-state index contributed by atoms with van der Waals surface area (Å²) in [6.07, 6.45) is 3.36. The predicted octanol–water partition coefficient (Wildman–Crippen LogP) is 4.14. The number of H-pyrrole nitrogens is 1. The van der Waals surface area contributed by atoms with Crippen molar-refractivity contribution >= 4 is 34.4 Å². The van der Waals surface area contributed by atoms with Gasteiger partial charge in [-0.15, -0.1) is 0 Å². The van der Waals surface area contributed by atoms with Gasteiger partial charge in [-0.2, -0.15) is 5.26 Å². The fourth-order valence-corrected chi connectivity index (χ4v) is 4.60. The number of nitrogens with one attached hydrogen (secondary N) is 3. The molecule has 7 heteroatoms. The Morgan fingerprint density at radius 3 is 2.70 bits per heavy atom. The van der Waals surface area contributed by atoms with E-state index < -0.39 is 11.4 Å². The lowest BCUT2D eigenvalue weighted by atomic mass is 9.70. The maximum Gasteiger partial charge on any atom is 0.322 e. The van der Waals surface area contributed by atoms with E-state index in [1.54, 1.807) is 12.1 Å². The highest BCUT2D eigenvalue weighted by Gasteiger charge is 2.40. The van der Waals surface area contributed by atoms with Gasteiger partial charge in [0.2, 0.25) is 0 Å². The highest BCUT2D eigenvalue weighted by Crippen LogP contribution is 2.45. The van der Waals surface area contributed by atoms with Crippen LogP contribution in [-0.2, 0) is 16.6 Å². The number of aromatic nitrogens is 1. The minimum Gasteiger partial charge on any atom is -0.480 e. The Bertz CT molecular complexity index is 1400. The predicted molar refractivity (Wildman–Crippen MR) is 127 cm³/mol. The van der Waals surface area contributed by atoms with Gasteiger partial charge in [0, 0.05) is 45.6 Å². The van der Waals surface area contributed by atoms with E-state index in [1.807, 2.05) is 39.0 Å². The number of aliphatic carboxylic acids is 1. The van der Waals surface area contributed by atoms with Crippen LogP contribution in [-0.4, -0.2) is 34.6 Å². The molecule has 0 spiro atoms. The van der Waals surface area contributed by atoms with Crippen molar-refractivity contribution in [1.29, 1.82) is 10.7 Å². The lowest BCUT2D eigenvalue weighted by Crippen LogP contribution is -2.31. The number of hydrogen-bond donors (Lipinski definition) is 4. The number of aromatic amines is 1. The van der Waals surface area contributed by atoms with Crippen molar-refractivity contribution in [2.24, 2.45) is 0 Å². The van der Waals surface area contributed by atoms with E-state index >= 15 is 0 Å². The monoisotopic (exact) mass is 440 g/mol. The molecule has 0 aliphatic heterocycles. The van der Waals surface area contributed by atoms with Gasteiger partial charge in [0.05, 0.1) is 17.2 Å². The Labute approximate surface area is 191 Å². The van der Waals surface area contributed by atoms with Crippen LogP contribution in [0.2, 0.25) is 0 Å². The largest absolute Gasteiger partial charge is 0.480 e. The number of nitriles is 1. The number of fused-ring (bicyclic) bond motifs is 4. The molecule has 1 aliphatic rings. The molecule has 0 bridgehead atoms. The number of hydrogen-bond acceptors (Lipinski definition) is 5. The third-order valence-corrected chi connectivity index (χ3v) is 6.30. The summed E-state index contributed by atoms with van der Waals surface area (Å²) in [6, 6.07) is 11.3. The van der Waals surface area contributed by atoms with Crippen LogP contribution < -0.4 is 5.32 Å².